The average molecular weight is 354 g/mol. The Bertz CT molecular complexity index is 439. The van der Waals surface area contributed by atoms with Crippen molar-refractivity contribution in [2.24, 2.45) is 0 Å². The second-order valence-corrected chi connectivity index (χ2v) is 7.18. The van der Waals surface area contributed by atoms with E-state index in [-0.39, 0.29) is 19.8 Å². The normalized spacial score (nSPS) is 15.7. The van der Waals surface area contributed by atoms with Crippen LogP contribution >= 0.6 is 7.82 Å². The monoisotopic (exact) mass is 354 g/mol. The summed E-state index contributed by atoms with van der Waals surface area (Å²) in [5.74, 6) is -0.425. The quantitative estimate of drug-likeness (QED) is 0.142. The summed E-state index contributed by atoms with van der Waals surface area (Å²) in [6, 6.07) is 0. The standard InChI is InChI=1S/C14H28NO7P/c1-12(2)14(16)20-9-7-8-15(4,5)13(3)22-23(17,18)21-11-10-19-6/h13H,1,7-11H2,2-6H3/p+1. The van der Waals surface area contributed by atoms with Crippen LogP contribution in [0.2, 0.25) is 0 Å². The molecule has 0 radical (unpaired) electrons. The number of hydrogen-bond donors (Lipinski definition) is 1. The van der Waals surface area contributed by atoms with Gasteiger partial charge in [-0.1, -0.05) is 6.58 Å². The van der Waals surface area contributed by atoms with E-state index in [9.17, 15) is 14.3 Å². The van der Waals surface area contributed by atoms with Gasteiger partial charge in [-0.2, -0.15) is 0 Å². The fourth-order valence-electron chi connectivity index (χ4n) is 1.53. The first-order valence-electron chi connectivity index (χ1n) is 7.32. The highest BCUT2D eigenvalue weighted by atomic mass is 31.2. The lowest BCUT2D eigenvalue weighted by Crippen LogP contribution is -2.49. The van der Waals surface area contributed by atoms with Crippen LogP contribution in [0.1, 0.15) is 20.3 Å². The van der Waals surface area contributed by atoms with Crippen molar-refractivity contribution >= 4 is 13.8 Å². The van der Waals surface area contributed by atoms with E-state index >= 15 is 0 Å². The Balaban J connectivity index is 4.27. The highest BCUT2D eigenvalue weighted by Crippen LogP contribution is 2.45. The molecule has 2 unspecified atom stereocenters. The number of carbonyl (C=O) groups excluding carboxylic acids is 1. The number of phosphoric acid groups is 1. The largest absolute Gasteiger partial charge is 0.476 e. The van der Waals surface area contributed by atoms with E-state index in [2.05, 4.69) is 6.58 Å². The number of ether oxygens (including phenoxy) is 2. The molecule has 0 rings (SSSR count). The van der Waals surface area contributed by atoms with Gasteiger partial charge in [0.2, 0.25) is 6.23 Å². The molecular formula is C14H29NO7P+. The van der Waals surface area contributed by atoms with E-state index in [0.29, 0.717) is 23.0 Å². The van der Waals surface area contributed by atoms with Crippen LogP contribution in [-0.2, 0) is 27.9 Å². The van der Waals surface area contributed by atoms with Gasteiger partial charge in [-0.25, -0.2) is 13.9 Å². The molecule has 8 nitrogen and oxygen atoms in total. The number of phosphoric ester groups is 1. The molecule has 9 heteroatoms. The number of methoxy groups -OCH3 is 1. The Morgan fingerprint density at radius 2 is 1.91 bits per heavy atom. The minimum atomic E-state index is -4.14. The number of hydrogen-bond acceptors (Lipinski definition) is 6. The minimum absolute atomic E-state index is 0.0265. The van der Waals surface area contributed by atoms with Gasteiger partial charge in [-0.05, 0) is 6.92 Å². The van der Waals surface area contributed by atoms with Gasteiger partial charge < -0.3 is 18.9 Å². The molecule has 136 valence electrons. The molecule has 0 aromatic carbocycles. The zero-order chi connectivity index (χ0) is 18.1. The predicted molar refractivity (Wildman–Crippen MR) is 85.6 cm³/mol. The lowest BCUT2D eigenvalue weighted by molar-refractivity contribution is -0.931. The van der Waals surface area contributed by atoms with Gasteiger partial charge in [-0.3, -0.25) is 4.52 Å². The van der Waals surface area contributed by atoms with Crippen molar-refractivity contribution in [1.29, 1.82) is 0 Å². The van der Waals surface area contributed by atoms with Crippen molar-refractivity contribution in [3.8, 4) is 0 Å². The highest BCUT2D eigenvalue weighted by Gasteiger charge is 2.33. The Morgan fingerprint density at radius 1 is 1.30 bits per heavy atom. The summed E-state index contributed by atoms with van der Waals surface area (Å²) in [4.78, 5) is 20.9. The fourth-order valence-corrected chi connectivity index (χ4v) is 2.54. The maximum atomic E-state index is 11.8. The Kier molecular flexibility index (Phi) is 9.84. The van der Waals surface area contributed by atoms with Gasteiger partial charge in [0, 0.05) is 26.0 Å². The van der Waals surface area contributed by atoms with E-state index < -0.39 is 20.0 Å². The van der Waals surface area contributed by atoms with Crippen molar-refractivity contribution in [2.45, 2.75) is 26.5 Å². The molecular weight excluding hydrogens is 325 g/mol. The molecule has 23 heavy (non-hydrogen) atoms. The van der Waals surface area contributed by atoms with Gasteiger partial charge >= 0.3 is 13.8 Å². The van der Waals surface area contributed by atoms with E-state index in [0.717, 1.165) is 0 Å². The topological polar surface area (TPSA) is 91.3 Å². The Morgan fingerprint density at radius 3 is 2.43 bits per heavy atom. The van der Waals surface area contributed by atoms with Crippen LogP contribution in [0.15, 0.2) is 12.2 Å². The number of carbonyl (C=O) groups is 1. The third kappa shape index (κ3) is 9.86. The zero-order valence-corrected chi connectivity index (χ0v) is 15.5. The lowest BCUT2D eigenvalue weighted by atomic mass is 10.3. The van der Waals surface area contributed by atoms with Crippen molar-refractivity contribution in [3.05, 3.63) is 12.2 Å². The van der Waals surface area contributed by atoms with Crippen molar-refractivity contribution in [2.75, 3.05) is 47.6 Å². The highest BCUT2D eigenvalue weighted by molar-refractivity contribution is 7.47. The maximum absolute atomic E-state index is 11.8. The molecule has 0 spiro atoms. The first-order valence-corrected chi connectivity index (χ1v) is 8.81. The van der Waals surface area contributed by atoms with Crippen LogP contribution < -0.4 is 0 Å². The number of nitrogens with zero attached hydrogens (tertiary/aromatic N) is 1. The summed E-state index contributed by atoms with van der Waals surface area (Å²) in [6.07, 6.45) is 0.00482. The van der Waals surface area contributed by atoms with Crippen LogP contribution in [0.3, 0.4) is 0 Å². The molecule has 0 saturated carbocycles. The van der Waals surface area contributed by atoms with Gasteiger partial charge in [0.05, 0.1) is 40.5 Å². The van der Waals surface area contributed by atoms with E-state index in [1.807, 2.05) is 14.1 Å². The zero-order valence-electron chi connectivity index (χ0n) is 14.6. The number of esters is 1. The van der Waals surface area contributed by atoms with Crippen molar-refractivity contribution in [3.63, 3.8) is 0 Å². The molecule has 0 heterocycles. The van der Waals surface area contributed by atoms with E-state index in [4.69, 9.17) is 18.5 Å². The molecule has 2 atom stereocenters. The van der Waals surface area contributed by atoms with Gasteiger partial charge in [0.25, 0.3) is 0 Å². The predicted octanol–water partition coefficient (Wildman–Crippen LogP) is 1.70. The fraction of sp³-hybridized carbons (Fsp3) is 0.786. The smallest absolute Gasteiger partial charge is 0.462 e. The van der Waals surface area contributed by atoms with Gasteiger partial charge in [0.1, 0.15) is 0 Å². The van der Waals surface area contributed by atoms with Gasteiger partial charge in [0.15, 0.2) is 0 Å². The molecule has 0 aliphatic carbocycles. The second-order valence-electron chi connectivity index (χ2n) is 5.77. The van der Waals surface area contributed by atoms with E-state index in [1.54, 1.807) is 13.8 Å². The number of rotatable bonds is 12. The molecule has 0 saturated heterocycles. The van der Waals surface area contributed by atoms with Crippen LogP contribution in [-0.4, -0.2) is 69.1 Å². The van der Waals surface area contributed by atoms with Gasteiger partial charge in [-0.15, -0.1) is 0 Å². The summed E-state index contributed by atoms with van der Waals surface area (Å²) in [6.45, 7) is 7.78. The molecule has 1 N–H and O–H groups in total. The Hall–Kier alpha value is -0.760. The maximum Gasteiger partial charge on any atom is 0.476 e. The van der Waals surface area contributed by atoms with Crippen molar-refractivity contribution < 1.29 is 37.3 Å². The average Bonchev–Trinajstić information content (AvgIpc) is 2.42. The minimum Gasteiger partial charge on any atom is -0.462 e. The second kappa shape index (κ2) is 10.2. The van der Waals surface area contributed by atoms with Crippen LogP contribution in [0.4, 0.5) is 0 Å². The molecule has 0 aliphatic rings. The molecule has 0 aromatic rings. The third-order valence-corrected chi connectivity index (χ3v) is 4.35. The summed E-state index contributed by atoms with van der Waals surface area (Å²) in [5, 5.41) is 0. The van der Waals surface area contributed by atoms with Crippen LogP contribution in [0.25, 0.3) is 0 Å². The van der Waals surface area contributed by atoms with Crippen LogP contribution in [0, 0.1) is 0 Å². The van der Waals surface area contributed by atoms with Crippen molar-refractivity contribution in [1.82, 2.24) is 0 Å². The summed E-state index contributed by atoms with van der Waals surface area (Å²) < 4.78 is 31.8. The Labute approximate surface area is 138 Å². The molecule has 0 aliphatic heterocycles. The summed E-state index contributed by atoms with van der Waals surface area (Å²) >= 11 is 0. The molecule has 0 aromatic heterocycles. The SMILES string of the molecule is C=C(C)C(=O)OCCC[N+](C)(C)C(C)OP(=O)(O)OCCOC. The lowest BCUT2D eigenvalue weighted by Gasteiger charge is -2.35. The molecule has 0 bridgehead atoms. The summed E-state index contributed by atoms with van der Waals surface area (Å²) in [7, 11) is 1.03. The first-order chi connectivity index (χ1) is 10.5. The first kappa shape index (κ1) is 22.2. The third-order valence-electron chi connectivity index (χ3n) is 3.27. The summed E-state index contributed by atoms with van der Waals surface area (Å²) in [5.41, 5.74) is 0.352. The van der Waals surface area contributed by atoms with Crippen LogP contribution in [0.5, 0.6) is 0 Å². The molecule has 0 fully saturated rings. The molecule has 0 amide bonds. The van der Waals surface area contributed by atoms with E-state index in [1.165, 1.54) is 7.11 Å². The number of quaternary nitrogens is 1.